The van der Waals surface area contributed by atoms with Crippen LogP contribution in [0.3, 0.4) is 0 Å². The van der Waals surface area contributed by atoms with E-state index in [-0.39, 0.29) is 5.54 Å². The summed E-state index contributed by atoms with van der Waals surface area (Å²) in [5.41, 5.74) is -0.678. The van der Waals surface area contributed by atoms with Crippen LogP contribution >= 0.6 is 11.6 Å². The van der Waals surface area contributed by atoms with Gasteiger partial charge in [0.1, 0.15) is 0 Å². The van der Waals surface area contributed by atoms with Gasteiger partial charge in [0.15, 0.2) is 5.72 Å². The molecule has 0 amide bonds. The van der Waals surface area contributed by atoms with Crippen LogP contribution < -0.4 is 0 Å². The van der Waals surface area contributed by atoms with Crippen LogP contribution in [0.4, 0.5) is 0 Å². The van der Waals surface area contributed by atoms with Crippen LogP contribution in [-0.4, -0.2) is 24.3 Å². The Morgan fingerprint density at radius 1 is 1.14 bits per heavy atom. The van der Waals surface area contributed by atoms with Gasteiger partial charge in [0.25, 0.3) is 0 Å². The third-order valence-electron chi connectivity index (χ3n) is 1.78. The molecule has 0 fully saturated rings. The lowest BCUT2D eigenvalue weighted by molar-refractivity contribution is -0.00210. The number of rotatable bonds is 5. The highest BCUT2D eigenvalue weighted by atomic mass is 35.5. The summed E-state index contributed by atoms with van der Waals surface area (Å²) < 4.78 is 5.32. The zero-order valence-electron chi connectivity index (χ0n) is 9.80. The van der Waals surface area contributed by atoms with Crippen molar-refractivity contribution >= 4 is 11.6 Å². The molecule has 0 aliphatic carbocycles. The average molecular weight is 221 g/mol. The molecule has 0 heterocycles. The Morgan fingerprint density at radius 2 is 1.71 bits per heavy atom. The second-order valence-corrected chi connectivity index (χ2v) is 4.92. The SMILES string of the molecule is COC(C)(CCCCl)N=NC(C)(C)C. The molecule has 0 aliphatic heterocycles. The molecular formula is C10H21ClN2O. The lowest BCUT2D eigenvalue weighted by Crippen LogP contribution is -2.25. The number of hydrogen-bond acceptors (Lipinski definition) is 3. The molecule has 0 radical (unpaired) electrons. The summed E-state index contributed by atoms with van der Waals surface area (Å²) in [6, 6.07) is 0. The van der Waals surface area contributed by atoms with E-state index in [1.165, 1.54) is 0 Å². The van der Waals surface area contributed by atoms with Crippen molar-refractivity contribution in [2.45, 2.75) is 51.8 Å². The topological polar surface area (TPSA) is 34.0 Å². The second-order valence-electron chi connectivity index (χ2n) is 4.54. The van der Waals surface area contributed by atoms with E-state index in [0.29, 0.717) is 5.88 Å². The van der Waals surface area contributed by atoms with E-state index in [0.717, 1.165) is 12.8 Å². The van der Waals surface area contributed by atoms with E-state index >= 15 is 0 Å². The van der Waals surface area contributed by atoms with Gasteiger partial charge in [-0.1, -0.05) is 0 Å². The number of methoxy groups -OCH3 is 1. The Labute approximate surface area is 91.9 Å². The van der Waals surface area contributed by atoms with Gasteiger partial charge < -0.3 is 4.74 Å². The molecule has 0 spiro atoms. The molecule has 3 nitrogen and oxygen atoms in total. The number of ether oxygens (including phenoxy) is 1. The maximum atomic E-state index is 5.63. The van der Waals surface area contributed by atoms with Crippen LogP contribution in [0.1, 0.15) is 40.5 Å². The Balaban J connectivity index is 4.31. The highest BCUT2D eigenvalue weighted by Crippen LogP contribution is 2.21. The third-order valence-corrected chi connectivity index (χ3v) is 2.04. The van der Waals surface area contributed by atoms with E-state index in [1.54, 1.807) is 7.11 Å². The van der Waals surface area contributed by atoms with Gasteiger partial charge in [-0.15, -0.1) is 11.6 Å². The Kier molecular flexibility index (Phi) is 5.60. The predicted octanol–water partition coefficient (Wildman–Crippen LogP) is 3.62. The number of alkyl halides is 1. The smallest absolute Gasteiger partial charge is 0.175 e. The number of nitrogens with zero attached hydrogens (tertiary/aromatic N) is 2. The van der Waals surface area contributed by atoms with Crippen molar-refractivity contribution < 1.29 is 4.74 Å². The number of halogens is 1. The molecule has 0 aromatic rings. The van der Waals surface area contributed by atoms with Crippen LogP contribution in [0.25, 0.3) is 0 Å². The summed E-state index contributed by atoms with van der Waals surface area (Å²) in [5, 5.41) is 8.44. The van der Waals surface area contributed by atoms with Crippen molar-refractivity contribution in [2.24, 2.45) is 10.2 Å². The molecule has 1 unspecified atom stereocenters. The van der Waals surface area contributed by atoms with E-state index in [9.17, 15) is 0 Å². The summed E-state index contributed by atoms with van der Waals surface area (Å²) in [5.74, 6) is 0.629. The first kappa shape index (κ1) is 13.8. The lowest BCUT2D eigenvalue weighted by atomic mass is 10.1. The largest absolute Gasteiger partial charge is 0.356 e. The quantitative estimate of drug-likeness (QED) is 0.515. The monoisotopic (exact) mass is 220 g/mol. The molecule has 1 atom stereocenters. The first-order valence-corrected chi connectivity index (χ1v) is 5.41. The minimum atomic E-state index is -0.526. The van der Waals surface area contributed by atoms with Gasteiger partial charge in [0, 0.05) is 13.0 Å². The van der Waals surface area contributed by atoms with Crippen LogP contribution in [-0.2, 0) is 4.74 Å². The van der Waals surface area contributed by atoms with E-state index in [4.69, 9.17) is 16.3 Å². The molecule has 0 rings (SSSR count). The fraction of sp³-hybridized carbons (Fsp3) is 1.00. The van der Waals surface area contributed by atoms with Crippen LogP contribution in [0, 0.1) is 0 Å². The minimum Gasteiger partial charge on any atom is -0.356 e. The van der Waals surface area contributed by atoms with Crippen molar-refractivity contribution in [3.63, 3.8) is 0 Å². The molecule has 0 N–H and O–H groups in total. The highest BCUT2D eigenvalue weighted by Gasteiger charge is 2.23. The number of azo groups is 1. The molecule has 0 aliphatic rings. The standard InChI is InChI=1S/C10H21ClN2O/c1-9(2,3)12-13-10(4,14-5)7-6-8-11/h6-8H2,1-5H3. The van der Waals surface area contributed by atoms with Gasteiger partial charge in [0.2, 0.25) is 0 Å². The van der Waals surface area contributed by atoms with Crippen molar-refractivity contribution in [3.05, 3.63) is 0 Å². The van der Waals surface area contributed by atoms with Crippen LogP contribution in [0.2, 0.25) is 0 Å². The highest BCUT2D eigenvalue weighted by molar-refractivity contribution is 6.17. The van der Waals surface area contributed by atoms with Crippen molar-refractivity contribution in [1.29, 1.82) is 0 Å². The first-order valence-electron chi connectivity index (χ1n) is 4.88. The van der Waals surface area contributed by atoms with Gasteiger partial charge in [-0.05, 0) is 40.5 Å². The van der Waals surface area contributed by atoms with Crippen molar-refractivity contribution in [1.82, 2.24) is 0 Å². The molecule has 0 aromatic heterocycles. The fourth-order valence-electron chi connectivity index (χ4n) is 0.843. The Hall–Kier alpha value is -0.150. The zero-order valence-corrected chi connectivity index (χ0v) is 10.6. The van der Waals surface area contributed by atoms with Crippen LogP contribution in [0.15, 0.2) is 10.2 Å². The molecule has 0 bridgehead atoms. The molecule has 0 saturated heterocycles. The average Bonchev–Trinajstić information content (AvgIpc) is 2.10. The summed E-state index contributed by atoms with van der Waals surface area (Å²) >= 11 is 5.63. The van der Waals surface area contributed by atoms with E-state index in [1.807, 2.05) is 27.7 Å². The molecule has 84 valence electrons. The van der Waals surface area contributed by atoms with E-state index < -0.39 is 5.72 Å². The molecular weight excluding hydrogens is 200 g/mol. The van der Waals surface area contributed by atoms with Gasteiger partial charge in [-0.2, -0.15) is 10.2 Å². The molecule has 0 aromatic carbocycles. The van der Waals surface area contributed by atoms with Gasteiger partial charge in [-0.3, -0.25) is 0 Å². The predicted molar refractivity (Wildman–Crippen MR) is 60.0 cm³/mol. The maximum Gasteiger partial charge on any atom is 0.175 e. The van der Waals surface area contributed by atoms with Gasteiger partial charge in [0.05, 0.1) is 5.54 Å². The molecule has 14 heavy (non-hydrogen) atoms. The second kappa shape index (κ2) is 5.66. The Morgan fingerprint density at radius 3 is 2.07 bits per heavy atom. The van der Waals surface area contributed by atoms with Gasteiger partial charge in [-0.25, -0.2) is 0 Å². The number of hydrogen-bond donors (Lipinski definition) is 0. The summed E-state index contributed by atoms with van der Waals surface area (Å²) in [6.45, 7) is 7.95. The summed E-state index contributed by atoms with van der Waals surface area (Å²) in [6.07, 6.45) is 1.68. The molecule has 4 heteroatoms. The van der Waals surface area contributed by atoms with E-state index in [2.05, 4.69) is 10.2 Å². The fourth-order valence-corrected chi connectivity index (χ4v) is 0.977. The lowest BCUT2D eigenvalue weighted by Gasteiger charge is -2.23. The third kappa shape index (κ3) is 6.33. The van der Waals surface area contributed by atoms with Crippen molar-refractivity contribution in [3.8, 4) is 0 Å². The maximum absolute atomic E-state index is 5.63. The minimum absolute atomic E-state index is 0.152. The molecule has 0 saturated carbocycles. The van der Waals surface area contributed by atoms with Crippen molar-refractivity contribution in [2.75, 3.05) is 13.0 Å². The van der Waals surface area contributed by atoms with Gasteiger partial charge >= 0.3 is 0 Å². The normalized spacial score (nSPS) is 17.3. The van der Waals surface area contributed by atoms with Crippen LogP contribution in [0.5, 0.6) is 0 Å². The Bertz CT molecular complexity index is 189. The summed E-state index contributed by atoms with van der Waals surface area (Å²) in [7, 11) is 1.65. The summed E-state index contributed by atoms with van der Waals surface area (Å²) in [4.78, 5) is 0. The first-order chi connectivity index (χ1) is 6.33. The zero-order chi connectivity index (χ0) is 11.2.